The first-order valence-corrected chi connectivity index (χ1v) is 12.7. The van der Waals surface area contributed by atoms with Gasteiger partial charge in [-0.2, -0.15) is 0 Å². The van der Waals surface area contributed by atoms with E-state index >= 15 is 0 Å². The van der Waals surface area contributed by atoms with Gasteiger partial charge >= 0.3 is 0 Å². The summed E-state index contributed by atoms with van der Waals surface area (Å²) in [6, 6.07) is 23.0. The molecular formula is C27H32N2O4S. The van der Waals surface area contributed by atoms with Crippen LogP contribution in [0.3, 0.4) is 0 Å². The third-order valence-electron chi connectivity index (χ3n) is 5.32. The lowest BCUT2D eigenvalue weighted by Crippen LogP contribution is -2.42. The van der Waals surface area contributed by atoms with Crippen LogP contribution in [0.25, 0.3) is 0 Å². The number of nitrogens with one attached hydrogen (secondary N) is 1. The lowest BCUT2D eigenvalue weighted by molar-refractivity contribution is -0.119. The second-order valence-electron chi connectivity index (χ2n) is 9.10. The van der Waals surface area contributed by atoms with Crippen molar-refractivity contribution in [3.63, 3.8) is 0 Å². The lowest BCUT2D eigenvalue weighted by atomic mass is 9.86. The van der Waals surface area contributed by atoms with Gasteiger partial charge in [0.15, 0.2) is 0 Å². The van der Waals surface area contributed by atoms with Gasteiger partial charge in [-0.25, -0.2) is 8.42 Å². The maximum absolute atomic E-state index is 13.3. The van der Waals surface area contributed by atoms with Crippen LogP contribution in [-0.4, -0.2) is 34.0 Å². The summed E-state index contributed by atoms with van der Waals surface area (Å²) in [5.74, 6) is 0.365. The van der Waals surface area contributed by atoms with Crippen LogP contribution in [0.5, 0.6) is 5.75 Å². The van der Waals surface area contributed by atoms with Crippen LogP contribution in [-0.2, 0) is 20.2 Å². The molecule has 0 radical (unpaired) electrons. The Morgan fingerprint density at radius 2 is 1.53 bits per heavy atom. The van der Waals surface area contributed by atoms with Gasteiger partial charge in [0.25, 0.3) is 10.0 Å². The smallest absolute Gasteiger partial charge is 0.264 e. The fourth-order valence-electron chi connectivity index (χ4n) is 3.50. The minimum atomic E-state index is -3.92. The Kier molecular flexibility index (Phi) is 7.99. The molecular weight excluding hydrogens is 448 g/mol. The number of anilines is 1. The highest BCUT2D eigenvalue weighted by Gasteiger charge is 2.27. The summed E-state index contributed by atoms with van der Waals surface area (Å²) in [4.78, 5) is 12.9. The second-order valence-corrected chi connectivity index (χ2v) is 11.0. The van der Waals surface area contributed by atoms with E-state index in [9.17, 15) is 13.2 Å². The SMILES string of the molecule is Cc1ccc(S(=O)(=O)N(CC(=O)NCCOc2ccccc2C(C)(C)C)c2ccccc2)cc1. The number of carbonyl (C=O) groups is 1. The molecule has 3 aromatic carbocycles. The first-order valence-electron chi connectivity index (χ1n) is 11.2. The zero-order valence-corrected chi connectivity index (χ0v) is 20.9. The van der Waals surface area contributed by atoms with Crippen LogP contribution < -0.4 is 14.4 Å². The number of sulfonamides is 1. The Morgan fingerprint density at radius 3 is 2.18 bits per heavy atom. The normalized spacial score (nSPS) is 11.6. The summed E-state index contributed by atoms with van der Waals surface area (Å²) in [7, 11) is -3.92. The molecule has 3 rings (SSSR count). The number of aryl methyl sites for hydroxylation is 1. The van der Waals surface area contributed by atoms with E-state index < -0.39 is 15.9 Å². The Balaban J connectivity index is 1.67. The molecule has 7 heteroatoms. The van der Waals surface area contributed by atoms with E-state index in [1.54, 1.807) is 54.6 Å². The summed E-state index contributed by atoms with van der Waals surface area (Å²) in [5.41, 5.74) is 2.39. The lowest BCUT2D eigenvalue weighted by Gasteiger charge is -2.24. The molecule has 180 valence electrons. The van der Waals surface area contributed by atoms with Crippen LogP contribution in [0.15, 0.2) is 83.8 Å². The summed E-state index contributed by atoms with van der Waals surface area (Å²) < 4.78 is 33.7. The van der Waals surface area contributed by atoms with E-state index in [1.165, 1.54) is 0 Å². The predicted octanol–water partition coefficient (Wildman–Crippen LogP) is 4.68. The molecule has 34 heavy (non-hydrogen) atoms. The topological polar surface area (TPSA) is 75.7 Å². The highest BCUT2D eigenvalue weighted by atomic mass is 32.2. The van der Waals surface area contributed by atoms with Gasteiger partial charge in [-0.3, -0.25) is 9.10 Å². The van der Waals surface area contributed by atoms with Gasteiger partial charge in [0, 0.05) is 0 Å². The molecule has 1 amide bonds. The molecule has 6 nitrogen and oxygen atoms in total. The highest BCUT2D eigenvalue weighted by molar-refractivity contribution is 7.92. The van der Waals surface area contributed by atoms with Crippen LogP contribution in [0, 0.1) is 6.92 Å². The molecule has 0 fully saturated rings. The van der Waals surface area contributed by atoms with Crippen molar-refractivity contribution in [1.29, 1.82) is 0 Å². The summed E-state index contributed by atoms with van der Waals surface area (Å²) in [6.45, 7) is 8.43. The van der Waals surface area contributed by atoms with Crippen molar-refractivity contribution < 1.29 is 17.9 Å². The number of ether oxygens (including phenoxy) is 1. The van der Waals surface area contributed by atoms with Gasteiger partial charge in [-0.1, -0.05) is 74.9 Å². The maximum Gasteiger partial charge on any atom is 0.264 e. The van der Waals surface area contributed by atoms with Crippen molar-refractivity contribution in [3.8, 4) is 5.75 Å². The van der Waals surface area contributed by atoms with Crippen molar-refractivity contribution in [1.82, 2.24) is 5.32 Å². The Hall–Kier alpha value is -3.32. The first kappa shape index (κ1) is 25.3. The highest BCUT2D eigenvalue weighted by Crippen LogP contribution is 2.30. The van der Waals surface area contributed by atoms with Crippen molar-refractivity contribution in [2.75, 3.05) is 24.0 Å². The van der Waals surface area contributed by atoms with Gasteiger partial charge in [0.1, 0.15) is 18.9 Å². The van der Waals surface area contributed by atoms with Crippen LogP contribution in [0.4, 0.5) is 5.69 Å². The molecule has 3 aromatic rings. The van der Waals surface area contributed by atoms with Crippen molar-refractivity contribution in [2.24, 2.45) is 0 Å². The third-order valence-corrected chi connectivity index (χ3v) is 7.11. The zero-order valence-electron chi connectivity index (χ0n) is 20.1. The van der Waals surface area contributed by atoms with Gasteiger partial charge in [0.05, 0.1) is 17.1 Å². The molecule has 0 unspecified atom stereocenters. The van der Waals surface area contributed by atoms with E-state index in [0.29, 0.717) is 5.69 Å². The Morgan fingerprint density at radius 1 is 0.912 bits per heavy atom. The predicted molar refractivity (Wildman–Crippen MR) is 136 cm³/mol. The number of amides is 1. The quantitative estimate of drug-likeness (QED) is 0.451. The van der Waals surface area contributed by atoms with Gasteiger partial charge in [-0.15, -0.1) is 0 Å². The number of hydrogen-bond acceptors (Lipinski definition) is 4. The van der Waals surface area contributed by atoms with Crippen molar-refractivity contribution >= 4 is 21.6 Å². The fraction of sp³-hybridized carbons (Fsp3) is 0.296. The van der Waals surface area contributed by atoms with Gasteiger partial charge < -0.3 is 10.1 Å². The van der Waals surface area contributed by atoms with Crippen molar-refractivity contribution in [2.45, 2.75) is 38.0 Å². The average Bonchev–Trinajstić information content (AvgIpc) is 2.80. The molecule has 0 aromatic heterocycles. The van der Waals surface area contributed by atoms with Crippen LogP contribution in [0.2, 0.25) is 0 Å². The molecule has 0 aliphatic carbocycles. The molecule has 1 N–H and O–H groups in total. The summed E-state index contributed by atoms with van der Waals surface area (Å²) >= 11 is 0. The molecule has 0 aliphatic rings. The number of para-hydroxylation sites is 2. The van der Waals surface area contributed by atoms with Crippen molar-refractivity contribution in [3.05, 3.63) is 90.0 Å². The summed E-state index contributed by atoms with van der Waals surface area (Å²) in [6.07, 6.45) is 0. The Labute approximate surface area is 202 Å². The number of hydrogen-bond donors (Lipinski definition) is 1. The van der Waals surface area contributed by atoms with E-state index in [0.717, 1.165) is 21.2 Å². The molecule has 0 heterocycles. The zero-order chi connectivity index (χ0) is 24.8. The minimum Gasteiger partial charge on any atom is -0.491 e. The molecule has 0 bridgehead atoms. The molecule has 0 saturated heterocycles. The number of rotatable bonds is 9. The minimum absolute atomic E-state index is 0.0691. The third kappa shape index (κ3) is 6.38. The van der Waals surface area contributed by atoms with E-state index in [1.807, 2.05) is 31.2 Å². The molecule has 0 spiro atoms. The molecule has 0 atom stereocenters. The Bertz CT molecular complexity index is 1200. The largest absolute Gasteiger partial charge is 0.491 e. The summed E-state index contributed by atoms with van der Waals surface area (Å²) in [5, 5.41) is 2.77. The van der Waals surface area contributed by atoms with Crippen LogP contribution in [0.1, 0.15) is 31.9 Å². The number of carbonyl (C=O) groups excluding carboxylic acids is 1. The standard InChI is InChI=1S/C27H32N2O4S/c1-21-14-16-23(17-15-21)34(31,32)29(22-10-6-5-7-11-22)20-26(30)28-18-19-33-25-13-9-8-12-24(25)27(2,3)4/h5-17H,18-20H2,1-4H3,(H,28,30). The number of nitrogens with zero attached hydrogens (tertiary/aromatic N) is 1. The monoisotopic (exact) mass is 480 g/mol. The fourth-order valence-corrected chi connectivity index (χ4v) is 4.92. The van der Waals surface area contributed by atoms with Gasteiger partial charge in [0.2, 0.25) is 5.91 Å². The molecule has 0 saturated carbocycles. The second kappa shape index (κ2) is 10.7. The average molecular weight is 481 g/mol. The van der Waals surface area contributed by atoms with E-state index in [4.69, 9.17) is 4.74 Å². The number of benzene rings is 3. The van der Waals surface area contributed by atoms with Crippen LogP contribution >= 0.6 is 0 Å². The van der Waals surface area contributed by atoms with Gasteiger partial charge in [-0.05, 0) is 48.2 Å². The van der Waals surface area contributed by atoms with E-state index in [-0.39, 0.29) is 30.0 Å². The maximum atomic E-state index is 13.3. The first-order chi connectivity index (χ1) is 16.1. The molecule has 0 aliphatic heterocycles. The van der Waals surface area contributed by atoms with E-state index in [2.05, 4.69) is 26.1 Å².